The number of methoxy groups -OCH3 is 2. The molecular formula is C21H36N4O2. The van der Waals surface area contributed by atoms with Crippen LogP contribution in [0.5, 0.6) is 11.5 Å². The third-order valence-electron chi connectivity index (χ3n) is 5.18. The number of likely N-dealkylation sites (tertiary alicyclic amines) is 1. The predicted octanol–water partition coefficient (Wildman–Crippen LogP) is 2.53. The van der Waals surface area contributed by atoms with Crippen LogP contribution in [0.1, 0.15) is 31.7 Å². The van der Waals surface area contributed by atoms with Crippen molar-refractivity contribution in [2.45, 2.75) is 32.6 Å². The summed E-state index contributed by atoms with van der Waals surface area (Å²) in [7, 11) is 5.15. The van der Waals surface area contributed by atoms with Crippen molar-refractivity contribution in [3.8, 4) is 11.5 Å². The van der Waals surface area contributed by atoms with Crippen molar-refractivity contribution in [2.24, 2.45) is 10.9 Å². The fraction of sp³-hybridized carbons (Fsp3) is 0.667. The van der Waals surface area contributed by atoms with Gasteiger partial charge in [0, 0.05) is 20.1 Å². The van der Waals surface area contributed by atoms with Crippen LogP contribution in [0.3, 0.4) is 0 Å². The second-order valence-electron chi connectivity index (χ2n) is 7.10. The van der Waals surface area contributed by atoms with E-state index in [4.69, 9.17) is 9.47 Å². The van der Waals surface area contributed by atoms with Crippen LogP contribution in [0.25, 0.3) is 0 Å². The van der Waals surface area contributed by atoms with Crippen LogP contribution >= 0.6 is 0 Å². The number of hydrogen-bond donors (Lipinski definition) is 2. The molecule has 6 heteroatoms. The highest BCUT2D eigenvalue weighted by molar-refractivity contribution is 5.79. The smallest absolute Gasteiger partial charge is 0.190 e. The zero-order valence-electron chi connectivity index (χ0n) is 17.4. The summed E-state index contributed by atoms with van der Waals surface area (Å²) in [5, 5.41) is 6.90. The SMILES string of the molecule is CCCN1CCC(CNC(=NC)NCCc2ccc(OC)c(OC)c2)CC1. The Kier molecular flexibility index (Phi) is 9.25. The van der Waals surface area contributed by atoms with Gasteiger partial charge in [0.15, 0.2) is 17.5 Å². The van der Waals surface area contributed by atoms with Crippen LogP contribution in [0.2, 0.25) is 0 Å². The topological polar surface area (TPSA) is 58.1 Å². The van der Waals surface area contributed by atoms with Crippen LogP contribution < -0.4 is 20.1 Å². The molecular weight excluding hydrogens is 340 g/mol. The van der Waals surface area contributed by atoms with Gasteiger partial charge in [-0.1, -0.05) is 13.0 Å². The summed E-state index contributed by atoms with van der Waals surface area (Å²) >= 11 is 0. The summed E-state index contributed by atoms with van der Waals surface area (Å²) in [5.74, 6) is 3.15. The number of piperidine rings is 1. The lowest BCUT2D eigenvalue weighted by Crippen LogP contribution is -2.43. The van der Waals surface area contributed by atoms with Gasteiger partial charge in [0.25, 0.3) is 0 Å². The van der Waals surface area contributed by atoms with E-state index in [1.54, 1.807) is 14.2 Å². The number of ether oxygens (including phenoxy) is 2. The molecule has 0 saturated carbocycles. The maximum atomic E-state index is 5.37. The summed E-state index contributed by atoms with van der Waals surface area (Å²) < 4.78 is 10.7. The highest BCUT2D eigenvalue weighted by Gasteiger charge is 2.18. The van der Waals surface area contributed by atoms with Gasteiger partial charge in [-0.15, -0.1) is 0 Å². The first-order valence-electron chi connectivity index (χ1n) is 10.1. The maximum Gasteiger partial charge on any atom is 0.190 e. The number of nitrogens with zero attached hydrogens (tertiary/aromatic N) is 2. The van der Waals surface area contributed by atoms with Gasteiger partial charge in [0.2, 0.25) is 0 Å². The van der Waals surface area contributed by atoms with Gasteiger partial charge in [0.1, 0.15) is 0 Å². The molecule has 152 valence electrons. The number of hydrogen-bond acceptors (Lipinski definition) is 4. The molecule has 0 spiro atoms. The van der Waals surface area contributed by atoms with Crippen molar-refractivity contribution in [2.75, 3.05) is 54.0 Å². The van der Waals surface area contributed by atoms with E-state index in [9.17, 15) is 0 Å². The van der Waals surface area contributed by atoms with Crippen LogP contribution in [-0.4, -0.2) is 64.9 Å². The number of nitrogens with one attached hydrogen (secondary N) is 2. The monoisotopic (exact) mass is 376 g/mol. The van der Waals surface area contributed by atoms with Crippen molar-refractivity contribution < 1.29 is 9.47 Å². The first kappa shape index (κ1) is 21.4. The molecule has 2 N–H and O–H groups in total. The number of guanidine groups is 1. The van der Waals surface area contributed by atoms with Crippen molar-refractivity contribution in [3.05, 3.63) is 23.8 Å². The van der Waals surface area contributed by atoms with Gasteiger partial charge < -0.3 is 25.0 Å². The van der Waals surface area contributed by atoms with Crippen LogP contribution in [0.15, 0.2) is 23.2 Å². The number of aliphatic imine (C=N–C) groups is 1. The minimum absolute atomic E-state index is 0.738. The average Bonchev–Trinajstić information content (AvgIpc) is 2.71. The van der Waals surface area contributed by atoms with Crippen molar-refractivity contribution in [1.82, 2.24) is 15.5 Å². The highest BCUT2D eigenvalue weighted by atomic mass is 16.5. The number of rotatable bonds is 9. The normalized spacial score (nSPS) is 16.2. The fourth-order valence-electron chi connectivity index (χ4n) is 3.55. The minimum Gasteiger partial charge on any atom is -0.493 e. The Labute approximate surface area is 164 Å². The Balaban J connectivity index is 1.70. The molecule has 1 aromatic rings. The first-order valence-corrected chi connectivity index (χ1v) is 10.1. The minimum atomic E-state index is 0.738. The van der Waals surface area contributed by atoms with Crippen molar-refractivity contribution in [1.29, 1.82) is 0 Å². The van der Waals surface area contributed by atoms with Gasteiger partial charge >= 0.3 is 0 Å². The van der Waals surface area contributed by atoms with Gasteiger partial charge in [0.05, 0.1) is 14.2 Å². The Morgan fingerprint density at radius 2 is 1.89 bits per heavy atom. The van der Waals surface area contributed by atoms with E-state index in [-0.39, 0.29) is 0 Å². The van der Waals surface area contributed by atoms with Crippen molar-refractivity contribution in [3.63, 3.8) is 0 Å². The summed E-state index contributed by atoms with van der Waals surface area (Å²) in [6.45, 7) is 7.77. The largest absolute Gasteiger partial charge is 0.493 e. The Morgan fingerprint density at radius 3 is 2.52 bits per heavy atom. The molecule has 0 unspecified atom stereocenters. The van der Waals surface area contributed by atoms with Gasteiger partial charge in [-0.05, 0) is 68.9 Å². The first-order chi connectivity index (χ1) is 13.2. The molecule has 0 aromatic heterocycles. The molecule has 0 radical (unpaired) electrons. The molecule has 1 saturated heterocycles. The lowest BCUT2D eigenvalue weighted by atomic mass is 9.97. The zero-order valence-corrected chi connectivity index (χ0v) is 17.4. The molecule has 6 nitrogen and oxygen atoms in total. The van der Waals surface area contributed by atoms with E-state index < -0.39 is 0 Å². The molecule has 1 aliphatic heterocycles. The van der Waals surface area contributed by atoms with E-state index in [0.717, 1.165) is 42.9 Å². The van der Waals surface area contributed by atoms with Gasteiger partial charge in [-0.3, -0.25) is 4.99 Å². The molecule has 0 amide bonds. The predicted molar refractivity (Wildman–Crippen MR) is 112 cm³/mol. The Bertz CT molecular complexity index is 584. The average molecular weight is 377 g/mol. The standard InChI is InChI=1S/C21H36N4O2/c1-5-12-25-13-9-18(10-14-25)16-24-21(22-2)23-11-8-17-6-7-19(26-3)20(15-17)27-4/h6-7,15,18H,5,8-14,16H2,1-4H3,(H2,22,23,24). The lowest BCUT2D eigenvalue weighted by Gasteiger charge is -2.32. The lowest BCUT2D eigenvalue weighted by molar-refractivity contribution is 0.185. The fourth-order valence-corrected chi connectivity index (χ4v) is 3.55. The second kappa shape index (κ2) is 11.7. The van der Waals surface area contributed by atoms with Crippen LogP contribution in [0, 0.1) is 5.92 Å². The molecule has 1 aromatic carbocycles. The molecule has 1 heterocycles. The van der Waals surface area contributed by atoms with Crippen LogP contribution in [0.4, 0.5) is 0 Å². The summed E-state index contributed by atoms with van der Waals surface area (Å²) in [6, 6.07) is 6.05. The summed E-state index contributed by atoms with van der Waals surface area (Å²) in [6.07, 6.45) is 4.70. The molecule has 0 aliphatic carbocycles. The second-order valence-corrected chi connectivity index (χ2v) is 7.10. The quantitative estimate of drug-likeness (QED) is 0.512. The van der Waals surface area contributed by atoms with Crippen molar-refractivity contribution >= 4 is 5.96 Å². The molecule has 1 aliphatic rings. The van der Waals surface area contributed by atoms with Crippen LogP contribution in [-0.2, 0) is 6.42 Å². The highest BCUT2D eigenvalue weighted by Crippen LogP contribution is 2.27. The van der Waals surface area contributed by atoms with E-state index >= 15 is 0 Å². The third-order valence-corrected chi connectivity index (χ3v) is 5.18. The van der Waals surface area contributed by atoms with E-state index in [1.165, 1.54) is 44.5 Å². The number of benzene rings is 1. The molecule has 0 bridgehead atoms. The third kappa shape index (κ3) is 6.94. The van der Waals surface area contributed by atoms with E-state index in [2.05, 4.69) is 33.5 Å². The Hall–Kier alpha value is -1.95. The summed E-state index contributed by atoms with van der Waals surface area (Å²) in [4.78, 5) is 6.92. The Morgan fingerprint density at radius 1 is 1.15 bits per heavy atom. The molecule has 0 atom stereocenters. The van der Waals surface area contributed by atoms with E-state index in [0.29, 0.717) is 0 Å². The van der Waals surface area contributed by atoms with E-state index in [1.807, 2.05) is 19.2 Å². The maximum absolute atomic E-state index is 5.37. The summed E-state index contributed by atoms with van der Waals surface area (Å²) in [5.41, 5.74) is 1.21. The molecule has 2 rings (SSSR count). The van der Waals surface area contributed by atoms with Gasteiger partial charge in [-0.2, -0.15) is 0 Å². The molecule has 1 fully saturated rings. The molecule has 27 heavy (non-hydrogen) atoms. The van der Waals surface area contributed by atoms with Gasteiger partial charge in [-0.25, -0.2) is 0 Å². The zero-order chi connectivity index (χ0) is 19.5.